The summed E-state index contributed by atoms with van der Waals surface area (Å²) in [4.78, 5) is 11.2. The Hall–Kier alpha value is -1.65. The van der Waals surface area contributed by atoms with Gasteiger partial charge in [0, 0.05) is 19.8 Å². The molecule has 1 aromatic rings. The highest BCUT2D eigenvalue weighted by molar-refractivity contribution is 5.72. The summed E-state index contributed by atoms with van der Waals surface area (Å²) >= 11 is 0. The molecule has 0 heterocycles. The van der Waals surface area contributed by atoms with Crippen LogP contribution in [0, 0.1) is 0 Å². The normalized spacial score (nSPS) is 11.2. The monoisotopic (exact) mass is 264 g/mol. The lowest BCUT2D eigenvalue weighted by atomic mass is 10.1. The molecule has 0 unspecified atom stereocenters. The second-order valence-electron chi connectivity index (χ2n) is 3.84. The largest absolute Gasteiger partial charge is 0.466 e. The summed E-state index contributed by atoms with van der Waals surface area (Å²) in [5.41, 5.74) is 1.88. The average molecular weight is 264 g/mol. The van der Waals surface area contributed by atoms with Crippen LogP contribution < -0.4 is 0 Å². The highest BCUT2D eigenvalue weighted by atomic mass is 16.7. The van der Waals surface area contributed by atoms with Crippen molar-refractivity contribution in [2.24, 2.45) is 0 Å². The molecule has 0 aliphatic heterocycles. The van der Waals surface area contributed by atoms with Crippen LogP contribution in [0.3, 0.4) is 0 Å². The lowest BCUT2D eigenvalue weighted by molar-refractivity contribution is -0.142. The van der Waals surface area contributed by atoms with Crippen molar-refractivity contribution in [2.75, 3.05) is 20.8 Å². The number of methoxy groups -OCH3 is 2. The maximum absolute atomic E-state index is 11.2. The summed E-state index contributed by atoms with van der Waals surface area (Å²) < 4.78 is 15.3. The molecule has 0 fully saturated rings. The van der Waals surface area contributed by atoms with Crippen LogP contribution in [0.5, 0.6) is 0 Å². The molecule has 0 spiro atoms. The van der Waals surface area contributed by atoms with E-state index in [1.807, 2.05) is 30.3 Å². The second-order valence-corrected chi connectivity index (χ2v) is 3.84. The van der Waals surface area contributed by atoms with Crippen molar-refractivity contribution < 1.29 is 19.0 Å². The van der Waals surface area contributed by atoms with Gasteiger partial charge in [0.25, 0.3) is 0 Å². The standard InChI is InChI=1S/C15H20O4/c1-4-19-14(16)11-7-9-12-8-5-6-10-13(12)15(17-2)18-3/h5-10,15H,4,11H2,1-3H3. The number of benzene rings is 1. The van der Waals surface area contributed by atoms with Crippen molar-refractivity contribution in [3.8, 4) is 0 Å². The van der Waals surface area contributed by atoms with Crippen molar-refractivity contribution >= 4 is 12.0 Å². The van der Waals surface area contributed by atoms with Crippen LogP contribution in [0.1, 0.15) is 30.8 Å². The van der Waals surface area contributed by atoms with Crippen molar-refractivity contribution in [3.63, 3.8) is 0 Å². The molecule has 0 bridgehead atoms. The van der Waals surface area contributed by atoms with E-state index in [2.05, 4.69) is 0 Å². The molecule has 104 valence electrons. The summed E-state index contributed by atoms with van der Waals surface area (Å²) in [7, 11) is 3.18. The number of ether oxygens (including phenoxy) is 3. The van der Waals surface area contributed by atoms with E-state index >= 15 is 0 Å². The molecule has 4 nitrogen and oxygen atoms in total. The molecule has 0 aliphatic carbocycles. The number of carbonyl (C=O) groups excluding carboxylic acids is 1. The van der Waals surface area contributed by atoms with Gasteiger partial charge in [0.1, 0.15) is 0 Å². The van der Waals surface area contributed by atoms with Gasteiger partial charge in [-0.1, -0.05) is 36.4 Å². The van der Waals surface area contributed by atoms with E-state index in [1.54, 1.807) is 27.2 Å². The predicted octanol–water partition coefficient (Wildman–Crippen LogP) is 2.94. The fourth-order valence-corrected chi connectivity index (χ4v) is 1.73. The third kappa shape index (κ3) is 4.85. The van der Waals surface area contributed by atoms with Gasteiger partial charge in [-0.25, -0.2) is 0 Å². The molecule has 19 heavy (non-hydrogen) atoms. The maximum atomic E-state index is 11.2. The fraction of sp³-hybridized carbons (Fsp3) is 0.400. The molecule has 0 radical (unpaired) electrons. The third-order valence-corrected chi connectivity index (χ3v) is 2.57. The van der Waals surface area contributed by atoms with Gasteiger partial charge < -0.3 is 14.2 Å². The highest BCUT2D eigenvalue weighted by Crippen LogP contribution is 2.22. The zero-order valence-electron chi connectivity index (χ0n) is 11.6. The number of hydrogen-bond donors (Lipinski definition) is 0. The van der Waals surface area contributed by atoms with Gasteiger partial charge >= 0.3 is 5.97 Å². The third-order valence-electron chi connectivity index (χ3n) is 2.57. The Morgan fingerprint density at radius 2 is 1.95 bits per heavy atom. The van der Waals surface area contributed by atoms with Crippen LogP contribution in [0.15, 0.2) is 30.3 Å². The topological polar surface area (TPSA) is 44.8 Å². The molecule has 0 aliphatic rings. The first-order valence-corrected chi connectivity index (χ1v) is 6.19. The molecule has 1 aromatic carbocycles. The highest BCUT2D eigenvalue weighted by Gasteiger charge is 2.11. The van der Waals surface area contributed by atoms with Crippen LogP contribution in [0.4, 0.5) is 0 Å². The minimum Gasteiger partial charge on any atom is -0.466 e. The van der Waals surface area contributed by atoms with Crippen LogP contribution in [0.25, 0.3) is 6.08 Å². The number of rotatable bonds is 7. The molecule has 0 saturated heterocycles. The van der Waals surface area contributed by atoms with Crippen LogP contribution in [0.2, 0.25) is 0 Å². The summed E-state index contributed by atoms with van der Waals surface area (Å²) in [6.45, 7) is 2.19. The molecule has 0 N–H and O–H groups in total. The van der Waals surface area contributed by atoms with E-state index in [0.717, 1.165) is 11.1 Å². The zero-order valence-corrected chi connectivity index (χ0v) is 11.6. The fourth-order valence-electron chi connectivity index (χ4n) is 1.73. The summed E-state index contributed by atoms with van der Waals surface area (Å²) in [6, 6.07) is 7.72. The number of hydrogen-bond acceptors (Lipinski definition) is 4. The van der Waals surface area contributed by atoms with E-state index in [4.69, 9.17) is 14.2 Å². The van der Waals surface area contributed by atoms with Gasteiger partial charge in [0.05, 0.1) is 13.0 Å². The van der Waals surface area contributed by atoms with Crippen molar-refractivity contribution in [2.45, 2.75) is 19.6 Å². The SMILES string of the molecule is CCOC(=O)CC=Cc1ccccc1C(OC)OC. The number of carbonyl (C=O) groups is 1. The van der Waals surface area contributed by atoms with Crippen LogP contribution >= 0.6 is 0 Å². The molecule has 0 aromatic heterocycles. The lowest BCUT2D eigenvalue weighted by Crippen LogP contribution is -2.05. The van der Waals surface area contributed by atoms with E-state index < -0.39 is 6.29 Å². The molecular weight excluding hydrogens is 244 g/mol. The van der Waals surface area contributed by atoms with Crippen LogP contribution in [-0.4, -0.2) is 26.8 Å². The molecule has 4 heteroatoms. The molecule has 0 saturated carbocycles. The molecule has 0 amide bonds. The average Bonchev–Trinajstić information content (AvgIpc) is 2.42. The van der Waals surface area contributed by atoms with E-state index in [1.165, 1.54) is 0 Å². The van der Waals surface area contributed by atoms with Gasteiger partial charge in [0.15, 0.2) is 6.29 Å². The zero-order chi connectivity index (χ0) is 14.1. The van der Waals surface area contributed by atoms with E-state index in [9.17, 15) is 4.79 Å². The van der Waals surface area contributed by atoms with Gasteiger partial charge in [-0.2, -0.15) is 0 Å². The first kappa shape index (κ1) is 15.4. The Bertz CT molecular complexity index is 422. The minimum absolute atomic E-state index is 0.230. The van der Waals surface area contributed by atoms with Crippen molar-refractivity contribution in [1.29, 1.82) is 0 Å². The lowest BCUT2D eigenvalue weighted by Gasteiger charge is -2.15. The second kappa shape index (κ2) is 8.45. The van der Waals surface area contributed by atoms with E-state index in [-0.39, 0.29) is 12.4 Å². The van der Waals surface area contributed by atoms with Gasteiger partial charge in [-0.15, -0.1) is 0 Å². The molecule has 0 atom stereocenters. The van der Waals surface area contributed by atoms with Crippen molar-refractivity contribution in [3.05, 3.63) is 41.5 Å². The Labute approximate surface area is 114 Å². The maximum Gasteiger partial charge on any atom is 0.309 e. The first-order valence-electron chi connectivity index (χ1n) is 6.19. The Balaban J connectivity index is 2.77. The van der Waals surface area contributed by atoms with Gasteiger partial charge in [-0.05, 0) is 12.5 Å². The summed E-state index contributed by atoms with van der Waals surface area (Å²) in [6.07, 6.45) is 3.49. The number of esters is 1. The smallest absolute Gasteiger partial charge is 0.309 e. The Morgan fingerprint density at radius 1 is 1.26 bits per heavy atom. The van der Waals surface area contributed by atoms with Gasteiger partial charge in [0.2, 0.25) is 0 Å². The summed E-state index contributed by atoms with van der Waals surface area (Å²) in [5, 5.41) is 0. The van der Waals surface area contributed by atoms with Crippen molar-refractivity contribution in [1.82, 2.24) is 0 Å². The Morgan fingerprint density at radius 3 is 2.58 bits per heavy atom. The minimum atomic E-state index is -0.413. The van der Waals surface area contributed by atoms with E-state index in [0.29, 0.717) is 6.61 Å². The van der Waals surface area contributed by atoms with Gasteiger partial charge in [-0.3, -0.25) is 4.79 Å². The summed E-state index contributed by atoms with van der Waals surface area (Å²) in [5.74, 6) is -0.230. The quantitative estimate of drug-likeness (QED) is 0.561. The van der Waals surface area contributed by atoms with Crippen LogP contribution in [-0.2, 0) is 19.0 Å². The Kier molecular flexibility index (Phi) is 6.85. The molecular formula is C15H20O4. The predicted molar refractivity (Wildman–Crippen MR) is 73.5 cm³/mol. The molecule has 1 rings (SSSR count). The first-order chi connectivity index (χ1) is 9.22.